The highest BCUT2D eigenvalue weighted by Gasteiger charge is 2.62. The fourth-order valence-corrected chi connectivity index (χ4v) is 5.85. The number of methoxy groups -OCH3 is 1. The molecule has 0 unspecified atom stereocenters. The fraction of sp³-hybridized carbons (Fsp3) is 0.478. The lowest BCUT2D eigenvalue weighted by molar-refractivity contribution is -0.125. The average molecular weight is 365 g/mol. The van der Waals surface area contributed by atoms with Crippen LogP contribution in [-0.2, 0) is 11.8 Å². The van der Waals surface area contributed by atoms with Crippen LogP contribution in [0, 0.1) is 0 Å². The lowest BCUT2D eigenvalue weighted by Crippen LogP contribution is -2.71. The highest BCUT2D eigenvalue weighted by atomic mass is 16.5. The Labute approximate surface area is 160 Å². The number of nitrogens with one attached hydrogen (secondary N) is 1. The number of benzene rings is 2. The van der Waals surface area contributed by atoms with Crippen LogP contribution in [0.1, 0.15) is 43.2 Å². The van der Waals surface area contributed by atoms with E-state index in [1.165, 1.54) is 11.1 Å². The highest BCUT2D eigenvalue weighted by molar-refractivity contribution is 5.60. The molecule has 0 radical (unpaired) electrons. The van der Waals surface area contributed by atoms with Crippen molar-refractivity contribution in [3.05, 3.63) is 53.6 Å². The van der Waals surface area contributed by atoms with Gasteiger partial charge in [-0.1, -0.05) is 37.1 Å². The Hall–Kier alpha value is -2.04. The van der Waals surface area contributed by atoms with Crippen molar-refractivity contribution in [3.63, 3.8) is 0 Å². The summed E-state index contributed by atoms with van der Waals surface area (Å²) in [6, 6.07) is 14.2. The maximum atomic E-state index is 11.9. The molecular formula is C23H27NO3. The van der Waals surface area contributed by atoms with Crippen molar-refractivity contribution in [2.24, 2.45) is 0 Å². The van der Waals surface area contributed by atoms with Gasteiger partial charge >= 0.3 is 0 Å². The number of aliphatic hydroxyl groups is 1. The lowest BCUT2D eigenvalue weighted by Gasteiger charge is -2.61. The van der Waals surface area contributed by atoms with Crippen molar-refractivity contribution in [1.82, 2.24) is 5.32 Å². The molecule has 3 aliphatic rings. The molecule has 2 N–H and O–H groups in total. The van der Waals surface area contributed by atoms with Crippen LogP contribution in [0.4, 0.5) is 0 Å². The summed E-state index contributed by atoms with van der Waals surface area (Å²) >= 11 is 0. The number of para-hydroxylation sites is 1. The average Bonchev–Trinajstić information content (AvgIpc) is 2.68. The topological polar surface area (TPSA) is 50.7 Å². The highest BCUT2D eigenvalue weighted by Crippen LogP contribution is 2.60. The van der Waals surface area contributed by atoms with Gasteiger partial charge in [0.1, 0.15) is 5.75 Å². The molecule has 2 aliphatic carbocycles. The van der Waals surface area contributed by atoms with Gasteiger partial charge in [0.25, 0.3) is 0 Å². The second kappa shape index (κ2) is 6.25. The van der Waals surface area contributed by atoms with Gasteiger partial charge in [-0.3, -0.25) is 0 Å². The zero-order valence-corrected chi connectivity index (χ0v) is 15.8. The Morgan fingerprint density at radius 3 is 2.67 bits per heavy atom. The zero-order valence-electron chi connectivity index (χ0n) is 15.8. The minimum absolute atomic E-state index is 0.122. The summed E-state index contributed by atoms with van der Waals surface area (Å²) in [6.45, 7) is 0.939. The number of hydrogen-bond donors (Lipinski definition) is 2. The van der Waals surface area contributed by atoms with Gasteiger partial charge in [0.15, 0.2) is 11.5 Å². The Kier molecular flexibility index (Phi) is 3.95. The molecule has 142 valence electrons. The first kappa shape index (κ1) is 17.1. The summed E-state index contributed by atoms with van der Waals surface area (Å²) in [5.41, 5.74) is 1.50. The van der Waals surface area contributed by atoms with Crippen LogP contribution in [0.2, 0.25) is 0 Å². The van der Waals surface area contributed by atoms with E-state index in [4.69, 9.17) is 9.47 Å². The first-order chi connectivity index (χ1) is 13.2. The number of rotatable bonds is 3. The summed E-state index contributed by atoms with van der Waals surface area (Å²) in [4.78, 5) is 0. The molecule has 27 heavy (non-hydrogen) atoms. The first-order valence-corrected chi connectivity index (χ1v) is 10.1. The Bertz CT molecular complexity index is 848. The molecular weight excluding hydrogens is 338 g/mol. The van der Waals surface area contributed by atoms with Gasteiger partial charge in [0, 0.05) is 17.0 Å². The second-order valence-electron chi connectivity index (χ2n) is 8.22. The van der Waals surface area contributed by atoms with Crippen LogP contribution in [0.15, 0.2) is 42.5 Å². The molecule has 3 atom stereocenters. The van der Waals surface area contributed by atoms with Crippen molar-refractivity contribution in [1.29, 1.82) is 0 Å². The molecule has 1 saturated carbocycles. The minimum Gasteiger partial charge on any atom is -0.493 e. The van der Waals surface area contributed by atoms with Crippen molar-refractivity contribution in [2.45, 2.75) is 55.6 Å². The Balaban J connectivity index is 1.73. The van der Waals surface area contributed by atoms with Gasteiger partial charge in [-0.2, -0.15) is 0 Å². The summed E-state index contributed by atoms with van der Waals surface area (Å²) in [5.74, 6) is 2.34. The molecule has 4 heteroatoms. The summed E-state index contributed by atoms with van der Waals surface area (Å²) in [6.07, 6.45) is 5.87. The third kappa shape index (κ3) is 2.36. The van der Waals surface area contributed by atoms with Crippen molar-refractivity contribution in [3.8, 4) is 17.2 Å². The van der Waals surface area contributed by atoms with Crippen molar-refractivity contribution in [2.75, 3.05) is 13.7 Å². The van der Waals surface area contributed by atoms with E-state index in [0.717, 1.165) is 62.3 Å². The van der Waals surface area contributed by atoms with Crippen molar-refractivity contribution < 1.29 is 14.6 Å². The molecule has 2 bridgehead atoms. The molecule has 2 aromatic carbocycles. The SMILES string of the molecule is COc1ccc2c(c1Oc1ccccc1)[C@@]13CCCC[C@@]1(O)[C@@H](C2)NCC3. The molecule has 0 aromatic heterocycles. The molecule has 1 saturated heterocycles. The quantitative estimate of drug-likeness (QED) is 0.865. The molecule has 0 amide bonds. The fourth-order valence-electron chi connectivity index (χ4n) is 5.85. The minimum atomic E-state index is -0.711. The maximum Gasteiger partial charge on any atom is 0.173 e. The molecule has 0 spiro atoms. The largest absolute Gasteiger partial charge is 0.493 e. The summed E-state index contributed by atoms with van der Waals surface area (Å²) in [7, 11) is 1.69. The summed E-state index contributed by atoms with van der Waals surface area (Å²) < 4.78 is 12.1. The second-order valence-corrected chi connectivity index (χ2v) is 8.22. The van der Waals surface area contributed by atoms with E-state index in [0.29, 0.717) is 0 Å². The smallest absolute Gasteiger partial charge is 0.173 e. The van der Waals surface area contributed by atoms with Crippen LogP contribution in [0.5, 0.6) is 17.2 Å². The van der Waals surface area contributed by atoms with Gasteiger partial charge in [0.2, 0.25) is 0 Å². The molecule has 2 aromatic rings. The van der Waals surface area contributed by atoms with Gasteiger partial charge in [0.05, 0.1) is 12.7 Å². The molecule has 1 heterocycles. The van der Waals surface area contributed by atoms with E-state index in [1.54, 1.807) is 7.11 Å². The molecule has 2 fully saturated rings. The van der Waals surface area contributed by atoms with E-state index in [2.05, 4.69) is 11.4 Å². The Morgan fingerprint density at radius 2 is 1.85 bits per heavy atom. The van der Waals surface area contributed by atoms with Gasteiger partial charge < -0.3 is 19.9 Å². The number of piperidine rings is 1. The van der Waals surface area contributed by atoms with Crippen LogP contribution in [0.25, 0.3) is 0 Å². The van der Waals surface area contributed by atoms with E-state index in [-0.39, 0.29) is 11.5 Å². The van der Waals surface area contributed by atoms with Crippen LogP contribution in [0.3, 0.4) is 0 Å². The lowest BCUT2D eigenvalue weighted by atomic mass is 9.50. The van der Waals surface area contributed by atoms with E-state index in [1.807, 2.05) is 36.4 Å². The van der Waals surface area contributed by atoms with Crippen LogP contribution >= 0.6 is 0 Å². The maximum absolute atomic E-state index is 11.9. The number of ether oxygens (including phenoxy) is 2. The normalized spacial score (nSPS) is 31.6. The van der Waals surface area contributed by atoms with Crippen LogP contribution in [-0.4, -0.2) is 30.4 Å². The number of hydrogen-bond acceptors (Lipinski definition) is 4. The van der Waals surface area contributed by atoms with Gasteiger partial charge in [-0.05, 0) is 56.0 Å². The third-order valence-corrected chi connectivity index (χ3v) is 7.05. The molecule has 5 rings (SSSR count). The predicted octanol–water partition coefficient (Wildman–Crippen LogP) is 3.95. The first-order valence-electron chi connectivity index (χ1n) is 10.1. The predicted molar refractivity (Wildman–Crippen MR) is 105 cm³/mol. The van der Waals surface area contributed by atoms with Gasteiger partial charge in [-0.15, -0.1) is 0 Å². The Morgan fingerprint density at radius 1 is 1.04 bits per heavy atom. The monoisotopic (exact) mass is 365 g/mol. The summed E-state index contributed by atoms with van der Waals surface area (Å²) in [5, 5.41) is 15.5. The molecule has 4 nitrogen and oxygen atoms in total. The van der Waals surface area contributed by atoms with Crippen molar-refractivity contribution >= 4 is 0 Å². The van der Waals surface area contributed by atoms with E-state index in [9.17, 15) is 5.11 Å². The van der Waals surface area contributed by atoms with Gasteiger partial charge in [-0.25, -0.2) is 0 Å². The van der Waals surface area contributed by atoms with Crippen LogP contribution < -0.4 is 14.8 Å². The molecule has 1 aliphatic heterocycles. The van der Waals surface area contributed by atoms with E-state index < -0.39 is 5.60 Å². The number of fused-ring (bicyclic) bond motifs is 1. The standard InChI is InChI=1S/C23H27NO3/c1-26-18-10-9-16-15-19-23(25)12-6-5-11-22(23,13-14-24-19)20(16)21(18)27-17-7-3-2-4-8-17/h2-4,7-10,19,24-25H,5-6,11-15H2,1H3/t19-,22+,23-/m1/s1. The zero-order chi connectivity index (χ0) is 18.5. The third-order valence-electron chi connectivity index (χ3n) is 7.05. The van der Waals surface area contributed by atoms with E-state index >= 15 is 0 Å².